The molecule has 1 aromatic carbocycles. The van der Waals surface area contributed by atoms with Gasteiger partial charge in [0.2, 0.25) is 0 Å². The molecule has 2 aromatic rings. The molecular formula is C14H15N3O. The van der Waals surface area contributed by atoms with Crippen molar-refractivity contribution in [2.24, 2.45) is 0 Å². The molecule has 0 atom stereocenters. The van der Waals surface area contributed by atoms with Gasteiger partial charge in [-0.3, -0.25) is 4.79 Å². The first-order valence-corrected chi connectivity index (χ1v) is 5.73. The van der Waals surface area contributed by atoms with Crippen molar-refractivity contribution in [1.29, 1.82) is 0 Å². The van der Waals surface area contributed by atoms with E-state index in [9.17, 15) is 4.79 Å². The van der Waals surface area contributed by atoms with Crippen LogP contribution in [0.2, 0.25) is 0 Å². The van der Waals surface area contributed by atoms with E-state index in [4.69, 9.17) is 0 Å². The van der Waals surface area contributed by atoms with Crippen molar-refractivity contribution in [3.63, 3.8) is 0 Å². The van der Waals surface area contributed by atoms with Gasteiger partial charge in [0.15, 0.2) is 11.6 Å². The maximum atomic E-state index is 10.8. The molecule has 0 unspecified atom stereocenters. The molecule has 0 saturated carbocycles. The van der Waals surface area contributed by atoms with Gasteiger partial charge < -0.3 is 0 Å². The monoisotopic (exact) mass is 241 g/mol. The van der Waals surface area contributed by atoms with Gasteiger partial charge in [-0.2, -0.15) is 0 Å². The highest BCUT2D eigenvalue weighted by atomic mass is 16.1. The number of allylic oxidation sites excluding steroid dienone is 1. The molecule has 0 fully saturated rings. The minimum absolute atomic E-state index is 0.0153. The summed E-state index contributed by atoms with van der Waals surface area (Å²) in [7, 11) is 0. The van der Waals surface area contributed by atoms with Crippen LogP contribution in [0.4, 0.5) is 0 Å². The fourth-order valence-corrected chi connectivity index (χ4v) is 1.76. The molecule has 4 nitrogen and oxygen atoms in total. The summed E-state index contributed by atoms with van der Waals surface area (Å²) >= 11 is 0. The Bertz CT molecular complexity index is 591. The van der Waals surface area contributed by atoms with Gasteiger partial charge in [0.25, 0.3) is 0 Å². The number of ketones is 1. The van der Waals surface area contributed by atoms with Crippen LogP contribution in [-0.4, -0.2) is 20.5 Å². The lowest BCUT2D eigenvalue weighted by Crippen LogP contribution is -1.90. The first-order chi connectivity index (χ1) is 8.54. The van der Waals surface area contributed by atoms with Crippen molar-refractivity contribution in [2.45, 2.75) is 20.8 Å². The van der Waals surface area contributed by atoms with E-state index in [-0.39, 0.29) is 5.78 Å². The van der Waals surface area contributed by atoms with Crippen LogP contribution >= 0.6 is 0 Å². The van der Waals surface area contributed by atoms with Crippen LogP contribution in [0.1, 0.15) is 18.1 Å². The molecule has 0 amide bonds. The van der Waals surface area contributed by atoms with E-state index in [1.807, 2.05) is 26.0 Å². The molecule has 92 valence electrons. The lowest BCUT2D eigenvalue weighted by atomic mass is 10.1. The minimum Gasteiger partial charge on any atom is -0.295 e. The van der Waals surface area contributed by atoms with Gasteiger partial charge in [-0.25, -0.2) is 9.67 Å². The molecular weight excluding hydrogens is 226 g/mol. The standard InChI is InChI=1S/C14H15N3O/c1-10-6-11(2)8-13(7-10)14-15-9-17(16-14)5-4-12(3)18/h4-9H,1-3H3/b5-4-. The zero-order chi connectivity index (χ0) is 13.1. The van der Waals surface area contributed by atoms with Crippen LogP contribution in [0.5, 0.6) is 0 Å². The Kier molecular flexibility index (Phi) is 3.37. The predicted molar refractivity (Wildman–Crippen MR) is 70.9 cm³/mol. The summed E-state index contributed by atoms with van der Waals surface area (Å²) in [4.78, 5) is 15.1. The summed E-state index contributed by atoms with van der Waals surface area (Å²) in [5.74, 6) is 0.647. The summed E-state index contributed by atoms with van der Waals surface area (Å²) < 4.78 is 1.54. The van der Waals surface area contributed by atoms with Gasteiger partial charge in [0.05, 0.1) is 0 Å². The van der Waals surface area contributed by atoms with Crippen LogP contribution in [0.15, 0.2) is 30.6 Å². The van der Waals surface area contributed by atoms with Gasteiger partial charge in [0, 0.05) is 11.8 Å². The third kappa shape index (κ3) is 2.91. The number of benzene rings is 1. The van der Waals surface area contributed by atoms with Crippen LogP contribution in [0, 0.1) is 13.8 Å². The molecule has 0 aliphatic heterocycles. The number of hydrogen-bond donors (Lipinski definition) is 0. The van der Waals surface area contributed by atoms with E-state index in [0.29, 0.717) is 5.82 Å². The molecule has 0 aliphatic carbocycles. The van der Waals surface area contributed by atoms with Crippen LogP contribution in [0.25, 0.3) is 17.6 Å². The highest BCUT2D eigenvalue weighted by Crippen LogP contribution is 2.18. The van der Waals surface area contributed by atoms with Crippen molar-refractivity contribution in [3.05, 3.63) is 41.7 Å². The summed E-state index contributed by atoms with van der Waals surface area (Å²) in [6, 6.07) is 6.19. The quantitative estimate of drug-likeness (QED) is 0.776. The molecule has 1 heterocycles. The largest absolute Gasteiger partial charge is 0.295 e. The fourth-order valence-electron chi connectivity index (χ4n) is 1.76. The average molecular weight is 241 g/mol. The van der Waals surface area contributed by atoms with E-state index in [1.54, 1.807) is 12.5 Å². The third-order valence-corrected chi connectivity index (χ3v) is 2.45. The van der Waals surface area contributed by atoms with Gasteiger partial charge in [-0.1, -0.05) is 17.2 Å². The average Bonchev–Trinajstić information content (AvgIpc) is 2.73. The second-order valence-electron chi connectivity index (χ2n) is 4.35. The van der Waals surface area contributed by atoms with E-state index < -0.39 is 0 Å². The summed E-state index contributed by atoms with van der Waals surface area (Å²) in [5.41, 5.74) is 3.35. The van der Waals surface area contributed by atoms with E-state index in [0.717, 1.165) is 5.56 Å². The molecule has 0 bridgehead atoms. The Labute approximate surface area is 106 Å². The van der Waals surface area contributed by atoms with Crippen molar-refractivity contribution in [1.82, 2.24) is 14.8 Å². The molecule has 0 spiro atoms. The third-order valence-electron chi connectivity index (χ3n) is 2.45. The minimum atomic E-state index is -0.0153. The summed E-state index contributed by atoms with van der Waals surface area (Å²) in [6.45, 7) is 5.59. The zero-order valence-electron chi connectivity index (χ0n) is 10.7. The Morgan fingerprint density at radius 2 is 1.89 bits per heavy atom. The highest BCUT2D eigenvalue weighted by molar-refractivity contribution is 5.89. The highest BCUT2D eigenvalue weighted by Gasteiger charge is 2.04. The van der Waals surface area contributed by atoms with E-state index in [2.05, 4.69) is 16.1 Å². The van der Waals surface area contributed by atoms with Gasteiger partial charge in [0.1, 0.15) is 6.33 Å². The number of rotatable bonds is 3. The normalized spacial score (nSPS) is 11.1. The molecule has 4 heteroatoms. The lowest BCUT2D eigenvalue weighted by molar-refractivity contribution is -0.112. The second kappa shape index (κ2) is 4.96. The molecule has 0 aliphatic rings. The molecule has 2 rings (SSSR count). The number of aryl methyl sites for hydroxylation is 2. The number of hydrogen-bond acceptors (Lipinski definition) is 3. The summed E-state index contributed by atoms with van der Waals surface area (Å²) in [6.07, 6.45) is 4.65. The number of aromatic nitrogens is 3. The first kappa shape index (κ1) is 12.2. The Balaban J connectivity index is 2.32. The van der Waals surface area contributed by atoms with E-state index >= 15 is 0 Å². The fraction of sp³-hybridized carbons (Fsp3) is 0.214. The molecule has 1 aromatic heterocycles. The maximum Gasteiger partial charge on any atom is 0.181 e. The van der Waals surface area contributed by atoms with Crippen molar-refractivity contribution >= 4 is 12.0 Å². The maximum absolute atomic E-state index is 10.8. The van der Waals surface area contributed by atoms with Crippen LogP contribution in [0.3, 0.4) is 0 Å². The smallest absolute Gasteiger partial charge is 0.181 e. The predicted octanol–water partition coefficient (Wildman–Crippen LogP) is 2.62. The Morgan fingerprint density at radius 3 is 2.50 bits per heavy atom. The summed E-state index contributed by atoms with van der Waals surface area (Å²) in [5, 5.41) is 4.30. The molecule has 0 radical (unpaired) electrons. The Morgan fingerprint density at radius 1 is 1.22 bits per heavy atom. The molecule has 0 N–H and O–H groups in total. The molecule has 0 saturated heterocycles. The van der Waals surface area contributed by atoms with Crippen molar-refractivity contribution in [3.8, 4) is 11.4 Å². The van der Waals surface area contributed by atoms with Crippen LogP contribution < -0.4 is 0 Å². The Hall–Kier alpha value is -2.23. The number of carbonyl (C=O) groups excluding carboxylic acids is 1. The van der Waals surface area contributed by atoms with Crippen molar-refractivity contribution in [2.75, 3.05) is 0 Å². The number of carbonyl (C=O) groups is 1. The molecule has 18 heavy (non-hydrogen) atoms. The first-order valence-electron chi connectivity index (χ1n) is 5.73. The number of nitrogens with zero attached hydrogens (tertiary/aromatic N) is 3. The zero-order valence-corrected chi connectivity index (χ0v) is 10.7. The van der Waals surface area contributed by atoms with Gasteiger partial charge >= 0.3 is 0 Å². The SMILES string of the molecule is CC(=O)/C=C\n1cnc(-c2cc(C)cc(C)c2)n1. The van der Waals surface area contributed by atoms with Gasteiger partial charge in [-0.05, 0) is 39.0 Å². The van der Waals surface area contributed by atoms with Crippen LogP contribution in [-0.2, 0) is 4.79 Å². The van der Waals surface area contributed by atoms with E-state index in [1.165, 1.54) is 28.8 Å². The topological polar surface area (TPSA) is 47.8 Å². The lowest BCUT2D eigenvalue weighted by Gasteiger charge is -2.00. The second-order valence-corrected chi connectivity index (χ2v) is 4.35. The van der Waals surface area contributed by atoms with Gasteiger partial charge in [-0.15, -0.1) is 5.10 Å². The van der Waals surface area contributed by atoms with Crippen molar-refractivity contribution < 1.29 is 4.79 Å².